The average molecular weight is 381 g/mol. The predicted molar refractivity (Wildman–Crippen MR) is 107 cm³/mol. The SMILES string of the molecule is O=C(OCC(=O)N1c2ccccc2SC[C@H]1c1ccccc1)C1CCCC1. The van der Waals surface area contributed by atoms with Gasteiger partial charge in [-0.1, -0.05) is 55.3 Å². The minimum Gasteiger partial charge on any atom is -0.455 e. The second-order valence-corrected chi connectivity index (χ2v) is 8.12. The number of benzene rings is 2. The highest BCUT2D eigenvalue weighted by atomic mass is 32.2. The van der Waals surface area contributed by atoms with Crippen molar-refractivity contribution in [3.63, 3.8) is 0 Å². The molecule has 1 aliphatic heterocycles. The number of thioether (sulfide) groups is 1. The zero-order chi connectivity index (χ0) is 18.6. The Balaban J connectivity index is 1.55. The first-order valence-corrected chi connectivity index (χ1v) is 10.5. The van der Waals surface area contributed by atoms with Gasteiger partial charge >= 0.3 is 5.97 Å². The maximum Gasteiger partial charge on any atom is 0.309 e. The number of para-hydroxylation sites is 1. The fourth-order valence-corrected chi connectivity index (χ4v) is 5.07. The van der Waals surface area contributed by atoms with Crippen LogP contribution in [0.1, 0.15) is 37.3 Å². The molecule has 5 heteroatoms. The number of nitrogens with zero attached hydrogens (tertiary/aromatic N) is 1. The summed E-state index contributed by atoms with van der Waals surface area (Å²) in [7, 11) is 0. The molecule has 0 saturated heterocycles. The van der Waals surface area contributed by atoms with E-state index in [2.05, 4.69) is 0 Å². The lowest BCUT2D eigenvalue weighted by molar-refractivity contribution is -0.151. The Morgan fingerprint density at radius 3 is 2.48 bits per heavy atom. The van der Waals surface area contributed by atoms with E-state index in [9.17, 15) is 9.59 Å². The Kier molecular flexibility index (Phi) is 5.48. The number of amides is 1. The smallest absolute Gasteiger partial charge is 0.309 e. The molecule has 1 amide bonds. The van der Waals surface area contributed by atoms with Crippen LogP contribution in [-0.2, 0) is 14.3 Å². The van der Waals surface area contributed by atoms with Gasteiger partial charge in [-0.05, 0) is 30.5 Å². The summed E-state index contributed by atoms with van der Waals surface area (Å²) in [5.41, 5.74) is 1.99. The van der Waals surface area contributed by atoms with Crippen molar-refractivity contribution >= 4 is 29.3 Å². The molecule has 0 spiro atoms. The third kappa shape index (κ3) is 3.88. The van der Waals surface area contributed by atoms with Crippen LogP contribution in [0.2, 0.25) is 0 Å². The van der Waals surface area contributed by atoms with Crippen molar-refractivity contribution in [3.8, 4) is 0 Å². The first-order chi connectivity index (χ1) is 13.2. The van der Waals surface area contributed by atoms with Crippen LogP contribution in [0.25, 0.3) is 0 Å². The van der Waals surface area contributed by atoms with Crippen LogP contribution in [0, 0.1) is 5.92 Å². The summed E-state index contributed by atoms with van der Waals surface area (Å²) in [4.78, 5) is 28.2. The number of hydrogen-bond acceptors (Lipinski definition) is 4. The Morgan fingerprint density at radius 2 is 1.70 bits per heavy atom. The fraction of sp³-hybridized carbons (Fsp3) is 0.364. The summed E-state index contributed by atoms with van der Waals surface area (Å²) >= 11 is 1.76. The molecule has 1 aliphatic carbocycles. The van der Waals surface area contributed by atoms with Gasteiger partial charge in [0.05, 0.1) is 17.6 Å². The number of fused-ring (bicyclic) bond motifs is 1. The average Bonchev–Trinajstić information content (AvgIpc) is 3.26. The maximum atomic E-state index is 13.1. The highest BCUT2D eigenvalue weighted by Crippen LogP contribution is 2.43. The van der Waals surface area contributed by atoms with Gasteiger partial charge in [-0.25, -0.2) is 0 Å². The van der Waals surface area contributed by atoms with Crippen molar-refractivity contribution < 1.29 is 14.3 Å². The van der Waals surface area contributed by atoms with Crippen molar-refractivity contribution in [1.29, 1.82) is 0 Å². The Bertz CT molecular complexity index is 817. The Hall–Kier alpha value is -2.27. The molecule has 0 radical (unpaired) electrons. The third-order valence-corrected chi connectivity index (χ3v) is 6.45. The van der Waals surface area contributed by atoms with Gasteiger partial charge in [0.15, 0.2) is 6.61 Å². The molecule has 0 N–H and O–H groups in total. The largest absolute Gasteiger partial charge is 0.455 e. The van der Waals surface area contributed by atoms with Crippen LogP contribution in [0.3, 0.4) is 0 Å². The van der Waals surface area contributed by atoms with Gasteiger partial charge in [-0.15, -0.1) is 11.8 Å². The monoisotopic (exact) mass is 381 g/mol. The van der Waals surface area contributed by atoms with Crippen molar-refractivity contribution in [1.82, 2.24) is 0 Å². The lowest BCUT2D eigenvalue weighted by Crippen LogP contribution is -2.41. The predicted octanol–water partition coefficient (Wildman–Crippen LogP) is 4.60. The zero-order valence-corrected chi connectivity index (χ0v) is 16.0. The van der Waals surface area contributed by atoms with Gasteiger partial charge in [-0.3, -0.25) is 14.5 Å². The highest BCUT2D eigenvalue weighted by Gasteiger charge is 2.33. The lowest BCUT2D eigenvalue weighted by Gasteiger charge is -2.37. The molecule has 1 atom stereocenters. The normalized spacial score (nSPS) is 19.6. The van der Waals surface area contributed by atoms with Gasteiger partial charge in [0.25, 0.3) is 5.91 Å². The molecule has 1 heterocycles. The molecule has 140 valence electrons. The van der Waals surface area contributed by atoms with Gasteiger partial charge in [-0.2, -0.15) is 0 Å². The number of rotatable bonds is 4. The number of hydrogen-bond donors (Lipinski definition) is 0. The van der Waals surface area contributed by atoms with Crippen molar-refractivity contribution in [2.45, 2.75) is 36.6 Å². The molecular weight excluding hydrogens is 358 g/mol. The standard InChI is InChI=1S/C22H23NO3S/c24-21(14-26-22(25)17-10-4-5-11-17)23-18-12-6-7-13-20(18)27-15-19(23)16-8-2-1-3-9-16/h1-3,6-9,12-13,17,19H,4-5,10-11,14-15H2/t19-/m0/s1. The van der Waals surface area contributed by atoms with E-state index in [1.54, 1.807) is 11.8 Å². The number of anilines is 1. The van der Waals surface area contributed by atoms with Gasteiger partial charge in [0, 0.05) is 10.6 Å². The third-order valence-electron chi connectivity index (χ3n) is 5.31. The molecule has 4 nitrogen and oxygen atoms in total. The molecule has 1 fully saturated rings. The molecule has 2 aliphatic rings. The minimum absolute atomic E-state index is 0.0353. The van der Waals surface area contributed by atoms with Gasteiger partial charge in [0.1, 0.15) is 0 Å². The Labute approximate surface area is 163 Å². The first-order valence-electron chi connectivity index (χ1n) is 9.49. The van der Waals surface area contributed by atoms with Crippen LogP contribution in [0.15, 0.2) is 59.5 Å². The van der Waals surface area contributed by atoms with E-state index in [0.29, 0.717) is 0 Å². The fourth-order valence-electron chi connectivity index (χ4n) is 3.90. The van der Waals surface area contributed by atoms with E-state index >= 15 is 0 Å². The van der Waals surface area contributed by atoms with Crippen LogP contribution in [0.5, 0.6) is 0 Å². The van der Waals surface area contributed by atoms with Crippen LogP contribution >= 0.6 is 11.8 Å². The van der Waals surface area contributed by atoms with Crippen LogP contribution in [0.4, 0.5) is 5.69 Å². The van der Waals surface area contributed by atoms with Crippen LogP contribution < -0.4 is 4.90 Å². The maximum absolute atomic E-state index is 13.1. The molecule has 27 heavy (non-hydrogen) atoms. The number of ether oxygens (including phenoxy) is 1. The summed E-state index contributed by atoms with van der Waals surface area (Å²) < 4.78 is 5.40. The number of esters is 1. The molecule has 0 unspecified atom stereocenters. The minimum atomic E-state index is -0.225. The van der Waals surface area contributed by atoms with Gasteiger partial charge in [0.2, 0.25) is 0 Å². The van der Waals surface area contributed by atoms with E-state index < -0.39 is 0 Å². The molecule has 0 aromatic heterocycles. The molecule has 2 aromatic carbocycles. The summed E-state index contributed by atoms with van der Waals surface area (Å²) in [6.45, 7) is -0.197. The van der Waals surface area contributed by atoms with E-state index in [4.69, 9.17) is 4.74 Å². The quantitative estimate of drug-likeness (QED) is 0.726. The van der Waals surface area contributed by atoms with E-state index in [1.807, 2.05) is 59.5 Å². The number of carbonyl (C=O) groups is 2. The second-order valence-electron chi connectivity index (χ2n) is 7.06. The summed E-state index contributed by atoms with van der Waals surface area (Å²) in [5, 5.41) is 0. The molecular formula is C22H23NO3S. The van der Waals surface area contributed by atoms with E-state index in [0.717, 1.165) is 47.6 Å². The molecule has 1 saturated carbocycles. The summed E-state index contributed by atoms with van der Waals surface area (Å²) in [5.74, 6) is 0.357. The highest BCUT2D eigenvalue weighted by molar-refractivity contribution is 7.99. The van der Waals surface area contributed by atoms with Gasteiger partial charge < -0.3 is 4.74 Å². The number of carbonyl (C=O) groups excluding carboxylic acids is 2. The molecule has 0 bridgehead atoms. The molecule has 4 rings (SSSR count). The van der Waals surface area contributed by atoms with Crippen molar-refractivity contribution in [2.75, 3.05) is 17.3 Å². The van der Waals surface area contributed by atoms with Crippen molar-refractivity contribution in [2.24, 2.45) is 5.92 Å². The van der Waals surface area contributed by atoms with Crippen LogP contribution in [-0.4, -0.2) is 24.2 Å². The zero-order valence-electron chi connectivity index (χ0n) is 15.2. The first kappa shape index (κ1) is 18.1. The second kappa shape index (κ2) is 8.17. The molecule has 2 aromatic rings. The van der Waals surface area contributed by atoms with E-state index in [1.165, 1.54) is 0 Å². The summed E-state index contributed by atoms with van der Waals surface area (Å²) in [6.07, 6.45) is 3.90. The lowest BCUT2D eigenvalue weighted by atomic mass is 10.1. The van der Waals surface area contributed by atoms with Crippen molar-refractivity contribution in [3.05, 3.63) is 60.2 Å². The van der Waals surface area contributed by atoms with E-state index in [-0.39, 0.29) is 30.4 Å². The Morgan fingerprint density at radius 1 is 1.00 bits per heavy atom. The topological polar surface area (TPSA) is 46.6 Å². The summed E-state index contributed by atoms with van der Waals surface area (Å²) in [6, 6.07) is 17.9.